The zero-order valence-corrected chi connectivity index (χ0v) is 19.0. The highest BCUT2D eigenvalue weighted by Gasteiger charge is 2.23. The molecule has 29 heavy (non-hydrogen) atoms. The average Bonchev–Trinajstić information content (AvgIpc) is 2.64. The molecule has 0 aliphatic carbocycles. The monoisotopic (exact) mass is 418 g/mol. The minimum atomic E-state index is -3.73. The Balaban J connectivity index is 2.11. The van der Waals surface area contributed by atoms with Crippen LogP contribution in [0.25, 0.3) is 0 Å². The number of aryl methyl sites for hydroxylation is 1. The Hall–Kier alpha value is -2.38. The molecule has 1 amide bonds. The van der Waals surface area contributed by atoms with Gasteiger partial charge in [0.15, 0.2) is 0 Å². The Kier molecular flexibility index (Phi) is 7.08. The first-order chi connectivity index (χ1) is 13.5. The molecule has 158 valence electrons. The molecule has 0 saturated heterocycles. The molecule has 0 radical (unpaired) electrons. The summed E-state index contributed by atoms with van der Waals surface area (Å²) in [4.78, 5) is 12.6. The minimum Gasteiger partial charge on any atom is -0.495 e. The van der Waals surface area contributed by atoms with Crippen LogP contribution < -0.4 is 14.8 Å². The van der Waals surface area contributed by atoms with E-state index in [4.69, 9.17) is 4.74 Å². The van der Waals surface area contributed by atoms with Crippen LogP contribution in [0.3, 0.4) is 0 Å². The van der Waals surface area contributed by atoms with E-state index in [0.29, 0.717) is 16.3 Å². The molecular weight excluding hydrogens is 388 g/mol. The number of methoxy groups -OCH3 is 1. The Morgan fingerprint density at radius 3 is 2.03 bits per heavy atom. The van der Waals surface area contributed by atoms with Crippen molar-refractivity contribution >= 4 is 21.6 Å². The van der Waals surface area contributed by atoms with Gasteiger partial charge >= 0.3 is 0 Å². The summed E-state index contributed by atoms with van der Waals surface area (Å²) in [6.45, 7) is 11.4. The van der Waals surface area contributed by atoms with Crippen molar-refractivity contribution in [2.24, 2.45) is 0 Å². The molecule has 0 atom stereocenters. The fourth-order valence-corrected chi connectivity index (χ4v) is 5.00. The van der Waals surface area contributed by atoms with E-state index in [2.05, 4.69) is 10.0 Å². The van der Waals surface area contributed by atoms with Crippen molar-refractivity contribution in [1.29, 1.82) is 0 Å². The molecule has 2 aromatic rings. The van der Waals surface area contributed by atoms with Crippen molar-refractivity contribution in [1.82, 2.24) is 4.72 Å². The van der Waals surface area contributed by atoms with E-state index in [1.165, 1.54) is 7.11 Å². The van der Waals surface area contributed by atoms with Crippen LogP contribution in [0.2, 0.25) is 0 Å². The van der Waals surface area contributed by atoms with Gasteiger partial charge in [-0.05, 0) is 87.1 Å². The van der Waals surface area contributed by atoms with Crippen LogP contribution in [0, 0.1) is 41.5 Å². The molecule has 2 rings (SSSR count). The van der Waals surface area contributed by atoms with Gasteiger partial charge in [0, 0.05) is 13.0 Å². The minimum absolute atomic E-state index is 0.00709. The van der Waals surface area contributed by atoms with Gasteiger partial charge in [-0.2, -0.15) is 0 Å². The molecule has 2 N–H and O–H groups in total. The lowest BCUT2D eigenvalue weighted by Gasteiger charge is -2.19. The number of benzene rings is 2. The Bertz CT molecular complexity index is 1010. The molecule has 7 heteroatoms. The second-order valence-corrected chi connectivity index (χ2v) is 9.06. The molecule has 0 fully saturated rings. The summed E-state index contributed by atoms with van der Waals surface area (Å²) in [7, 11) is -2.19. The standard InChI is InChI=1S/C22H30N2O4S/c1-13-8-9-20(28-7)19(12-13)24-21(25)10-11-23-29(26,27)22-17(5)15(3)14(2)16(4)18(22)6/h8-9,12,23H,10-11H2,1-7H3,(H,24,25). The summed E-state index contributed by atoms with van der Waals surface area (Å²) >= 11 is 0. The molecule has 0 aromatic heterocycles. The highest BCUT2D eigenvalue weighted by Crippen LogP contribution is 2.29. The Morgan fingerprint density at radius 1 is 0.931 bits per heavy atom. The highest BCUT2D eigenvalue weighted by molar-refractivity contribution is 7.89. The van der Waals surface area contributed by atoms with Crippen molar-refractivity contribution in [3.63, 3.8) is 0 Å². The van der Waals surface area contributed by atoms with Gasteiger partial charge in [-0.3, -0.25) is 4.79 Å². The zero-order chi connectivity index (χ0) is 21.9. The van der Waals surface area contributed by atoms with E-state index >= 15 is 0 Å². The molecule has 0 heterocycles. The number of ether oxygens (including phenoxy) is 1. The molecule has 0 saturated carbocycles. The average molecular weight is 419 g/mol. The van der Waals surface area contributed by atoms with Gasteiger partial charge in [-0.1, -0.05) is 6.07 Å². The van der Waals surface area contributed by atoms with Gasteiger partial charge in [0.2, 0.25) is 15.9 Å². The summed E-state index contributed by atoms with van der Waals surface area (Å²) in [5.74, 6) is 0.266. The van der Waals surface area contributed by atoms with E-state index in [0.717, 1.165) is 33.4 Å². The first kappa shape index (κ1) is 22.9. The second kappa shape index (κ2) is 8.97. The van der Waals surface area contributed by atoms with Crippen LogP contribution in [0.5, 0.6) is 5.75 Å². The highest BCUT2D eigenvalue weighted by atomic mass is 32.2. The van der Waals surface area contributed by atoms with Crippen molar-refractivity contribution in [3.8, 4) is 5.75 Å². The SMILES string of the molecule is COc1ccc(C)cc1NC(=O)CCNS(=O)(=O)c1c(C)c(C)c(C)c(C)c1C. The summed E-state index contributed by atoms with van der Waals surface area (Å²) < 4.78 is 33.6. The molecular formula is C22H30N2O4S. The third kappa shape index (κ3) is 4.97. The van der Waals surface area contributed by atoms with Crippen LogP contribution in [0.1, 0.15) is 39.8 Å². The molecule has 0 bridgehead atoms. The number of hydrogen-bond donors (Lipinski definition) is 2. The van der Waals surface area contributed by atoms with Gasteiger partial charge in [-0.25, -0.2) is 13.1 Å². The normalized spacial score (nSPS) is 11.4. The number of sulfonamides is 1. The van der Waals surface area contributed by atoms with Crippen molar-refractivity contribution in [2.45, 2.75) is 52.9 Å². The number of carbonyl (C=O) groups excluding carboxylic acids is 1. The maximum absolute atomic E-state index is 12.9. The fraction of sp³-hybridized carbons (Fsp3) is 0.409. The van der Waals surface area contributed by atoms with Gasteiger partial charge in [0.25, 0.3) is 0 Å². The Labute approximate surface area is 173 Å². The second-order valence-electron chi connectivity index (χ2n) is 7.35. The lowest BCUT2D eigenvalue weighted by Crippen LogP contribution is -2.29. The number of nitrogens with one attached hydrogen (secondary N) is 2. The molecule has 0 aliphatic heterocycles. The summed E-state index contributed by atoms with van der Waals surface area (Å²) in [5, 5.41) is 2.78. The third-order valence-electron chi connectivity index (χ3n) is 5.47. The number of amides is 1. The van der Waals surface area contributed by atoms with Crippen molar-refractivity contribution < 1.29 is 17.9 Å². The summed E-state index contributed by atoms with van der Waals surface area (Å²) in [5.41, 5.74) is 6.08. The van der Waals surface area contributed by atoms with Gasteiger partial charge < -0.3 is 10.1 Å². The zero-order valence-electron chi connectivity index (χ0n) is 18.2. The topological polar surface area (TPSA) is 84.5 Å². The number of hydrogen-bond acceptors (Lipinski definition) is 4. The number of carbonyl (C=O) groups is 1. The first-order valence-corrected chi connectivity index (χ1v) is 11.0. The maximum Gasteiger partial charge on any atom is 0.241 e. The molecule has 0 aliphatic rings. The van der Waals surface area contributed by atoms with E-state index in [9.17, 15) is 13.2 Å². The van der Waals surface area contributed by atoms with Crippen LogP contribution in [-0.4, -0.2) is 28.0 Å². The largest absolute Gasteiger partial charge is 0.495 e. The third-order valence-corrected chi connectivity index (χ3v) is 7.21. The van der Waals surface area contributed by atoms with Gasteiger partial charge in [0.05, 0.1) is 17.7 Å². The van der Waals surface area contributed by atoms with Crippen molar-refractivity contribution in [2.75, 3.05) is 19.0 Å². The number of rotatable bonds is 7. The van der Waals surface area contributed by atoms with E-state index in [1.807, 2.05) is 53.7 Å². The van der Waals surface area contributed by atoms with Crippen LogP contribution in [-0.2, 0) is 14.8 Å². The lowest BCUT2D eigenvalue weighted by atomic mass is 9.95. The van der Waals surface area contributed by atoms with Gasteiger partial charge in [-0.15, -0.1) is 0 Å². The quantitative estimate of drug-likeness (QED) is 0.715. The van der Waals surface area contributed by atoms with Crippen LogP contribution in [0.4, 0.5) is 5.69 Å². The first-order valence-electron chi connectivity index (χ1n) is 9.50. The lowest BCUT2D eigenvalue weighted by molar-refractivity contribution is -0.116. The van der Waals surface area contributed by atoms with E-state index in [-0.39, 0.29) is 18.9 Å². The van der Waals surface area contributed by atoms with Crippen molar-refractivity contribution in [3.05, 3.63) is 51.6 Å². The smallest absolute Gasteiger partial charge is 0.241 e. The summed E-state index contributed by atoms with van der Waals surface area (Å²) in [6.07, 6.45) is 0.0121. The van der Waals surface area contributed by atoms with E-state index < -0.39 is 10.0 Å². The van der Waals surface area contributed by atoms with Crippen LogP contribution in [0.15, 0.2) is 23.1 Å². The Morgan fingerprint density at radius 2 is 1.48 bits per heavy atom. The molecule has 0 spiro atoms. The molecule has 2 aromatic carbocycles. The molecule has 6 nitrogen and oxygen atoms in total. The number of anilines is 1. The van der Waals surface area contributed by atoms with Gasteiger partial charge in [0.1, 0.15) is 5.75 Å². The fourth-order valence-electron chi connectivity index (χ4n) is 3.37. The predicted octanol–water partition coefficient (Wildman–Crippen LogP) is 3.85. The van der Waals surface area contributed by atoms with Crippen LogP contribution >= 0.6 is 0 Å². The van der Waals surface area contributed by atoms with E-state index in [1.54, 1.807) is 6.07 Å². The summed E-state index contributed by atoms with van der Waals surface area (Å²) in [6, 6.07) is 5.48. The maximum atomic E-state index is 12.9. The molecule has 0 unspecified atom stereocenters. The predicted molar refractivity (Wildman–Crippen MR) is 116 cm³/mol.